The molecule has 0 fully saturated rings. The molecule has 0 aliphatic carbocycles. The molecule has 1 amide bonds. The topological polar surface area (TPSA) is 79.3 Å². The number of carboxylic acid groups (broad SMARTS) is 1. The number of rotatable bonds is 5. The van der Waals surface area contributed by atoms with Crippen LogP contribution in [-0.2, 0) is 4.79 Å². The molecule has 2 N–H and O–H groups in total. The number of aliphatic carboxylic acids is 1. The van der Waals surface area contributed by atoms with Gasteiger partial charge in [-0.05, 0) is 19.4 Å². The lowest BCUT2D eigenvalue weighted by Gasteiger charge is -2.14. The number of carbonyl (C=O) groups excluding carboxylic acids is 1. The highest BCUT2D eigenvalue weighted by atomic mass is 35.5. The van der Waals surface area contributed by atoms with Crippen LogP contribution in [0.4, 0.5) is 0 Å². The molecule has 98 valence electrons. The minimum absolute atomic E-state index is 0.185. The maximum absolute atomic E-state index is 11.9. The van der Waals surface area contributed by atoms with Gasteiger partial charge in [0.25, 0.3) is 5.91 Å². The summed E-state index contributed by atoms with van der Waals surface area (Å²) in [7, 11) is 0. The number of hydrogen-bond acceptors (Lipinski definition) is 3. The summed E-state index contributed by atoms with van der Waals surface area (Å²) in [4.78, 5) is 26.8. The lowest BCUT2D eigenvalue weighted by Crippen LogP contribution is -2.40. The third-order valence-corrected chi connectivity index (χ3v) is 2.73. The summed E-state index contributed by atoms with van der Waals surface area (Å²) in [5.41, 5.74) is 0.879. The molecule has 0 aromatic carbocycles. The number of nitrogens with one attached hydrogen (secondary N) is 1. The Bertz CT molecular complexity index is 463. The molecule has 0 aliphatic rings. The van der Waals surface area contributed by atoms with E-state index < -0.39 is 17.9 Å². The number of carboxylic acids is 1. The summed E-state index contributed by atoms with van der Waals surface area (Å²) in [6, 6.07) is 0.659. The fourth-order valence-electron chi connectivity index (χ4n) is 1.48. The van der Waals surface area contributed by atoms with E-state index in [0.717, 1.165) is 0 Å². The molecule has 1 atom stereocenters. The average molecular weight is 271 g/mol. The lowest BCUT2D eigenvalue weighted by atomic mass is 10.1. The van der Waals surface area contributed by atoms with Crippen LogP contribution >= 0.6 is 11.6 Å². The van der Waals surface area contributed by atoms with Crippen LogP contribution in [0.25, 0.3) is 0 Å². The summed E-state index contributed by atoms with van der Waals surface area (Å²) in [5.74, 6) is -1.57. The van der Waals surface area contributed by atoms with Crippen molar-refractivity contribution in [3.63, 3.8) is 0 Å². The predicted octanol–water partition coefficient (Wildman–Crippen LogP) is 2.03. The zero-order valence-electron chi connectivity index (χ0n) is 10.2. The molecule has 0 radical (unpaired) electrons. The van der Waals surface area contributed by atoms with E-state index in [-0.39, 0.29) is 10.6 Å². The van der Waals surface area contributed by atoms with E-state index in [4.69, 9.17) is 16.7 Å². The Morgan fingerprint density at radius 2 is 2.22 bits per heavy atom. The van der Waals surface area contributed by atoms with Crippen molar-refractivity contribution < 1.29 is 14.7 Å². The van der Waals surface area contributed by atoms with Crippen molar-refractivity contribution in [2.75, 3.05) is 0 Å². The molecule has 1 aromatic heterocycles. The Kier molecular flexibility index (Phi) is 5.09. The quantitative estimate of drug-likeness (QED) is 0.858. The molecule has 1 aromatic rings. The van der Waals surface area contributed by atoms with Crippen LogP contribution in [0.3, 0.4) is 0 Å². The fourth-order valence-corrected chi connectivity index (χ4v) is 1.77. The monoisotopic (exact) mass is 270 g/mol. The average Bonchev–Trinajstić information content (AvgIpc) is 2.27. The predicted molar refractivity (Wildman–Crippen MR) is 67.8 cm³/mol. The van der Waals surface area contributed by atoms with E-state index in [9.17, 15) is 9.59 Å². The normalized spacial score (nSPS) is 11.9. The van der Waals surface area contributed by atoms with Gasteiger partial charge >= 0.3 is 5.97 Å². The van der Waals surface area contributed by atoms with E-state index in [1.807, 2.05) is 6.92 Å². The second kappa shape index (κ2) is 6.35. The number of amides is 1. The van der Waals surface area contributed by atoms with Gasteiger partial charge in [-0.1, -0.05) is 24.9 Å². The van der Waals surface area contributed by atoms with Crippen molar-refractivity contribution in [3.05, 3.63) is 28.5 Å². The number of aromatic nitrogens is 1. The molecule has 0 unspecified atom stereocenters. The molecule has 0 bridgehead atoms. The molecule has 0 aliphatic heterocycles. The Balaban J connectivity index is 2.83. The fraction of sp³-hybridized carbons (Fsp3) is 0.417. The number of halogens is 1. The summed E-state index contributed by atoms with van der Waals surface area (Å²) in [6.07, 6.45) is 2.38. The molecule has 6 heteroatoms. The van der Waals surface area contributed by atoms with Gasteiger partial charge in [0.2, 0.25) is 0 Å². The molecule has 1 heterocycles. The van der Waals surface area contributed by atoms with Crippen molar-refractivity contribution in [2.45, 2.75) is 32.7 Å². The van der Waals surface area contributed by atoms with Crippen LogP contribution in [0.5, 0.6) is 0 Å². The zero-order chi connectivity index (χ0) is 13.7. The molecule has 5 nitrogen and oxygen atoms in total. The minimum Gasteiger partial charge on any atom is -0.480 e. The van der Waals surface area contributed by atoms with E-state index >= 15 is 0 Å². The van der Waals surface area contributed by atoms with Crippen LogP contribution in [0.2, 0.25) is 5.02 Å². The van der Waals surface area contributed by atoms with Gasteiger partial charge in [-0.15, -0.1) is 0 Å². The van der Waals surface area contributed by atoms with Crippen molar-refractivity contribution >= 4 is 23.5 Å². The Morgan fingerprint density at radius 1 is 1.56 bits per heavy atom. The second-order valence-corrected chi connectivity index (χ2v) is 4.37. The number of nitrogens with zero attached hydrogens (tertiary/aromatic N) is 1. The van der Waals surface area contributed by atoms with Crippen LogP contribution in [0.15, 0.2) is 12.3 Å². The molecule has 0 spiro atoms. The van der Waals surface area contributed by atoms with E-state index in [1.165, 1.54) is 6.20 Å². The van der Waals surface area contributed by atoms with Gasteiger partial charge in [-0.3, -0.25) is 9.78 Å². The number of carbonyl (C=O) groups is 2. The molecule has 1 rings (SSSR count). The summed E-state index contributed by atoms with van der Waals surface area (Å²) in [6.45, 7) is 3.60. The van der Waals surface area contributed by atoms with Gasteiger partial charge in [-0.2, -0.15) is 0 Å². The van der Waals surface area contributed by atoms with Gasteiger partial charge in [0.05, 0.1) is 10.6 Å². The zero-order valence-corrected chi connectivity index (χ0v) is 11.0. The van der Waals surface area contributed by atoms with Gasteiger partial charge in [0.15, 0.2) is 0 Å². The van der Waals surface area contributed by atoms with Crippen LogP contribution in [0, 0.1) is 6.92 Å². The Hall–Kier alpha value is -1.62. The first kappa shape index (κ1) is 14.4. The highest BCUT2D eigenvalue weighted by Crippen LogP contribution is 2.15. The second-order valence-electron chi connectivity index (χ2n) is 3.96. The van der Waals surface area contributed by atoms with Gasteiger partial charge in [0.1, 0.15) is 6.04 Å². The van der Waals surface area contributed by atoms with Crippen LogP contribution < -0.4 is 5.32 Å². The first-order valence-corrected chi connectivity index (χ1v) is 5.99. The van der Waals surface area contributed by atoms with Crippen molar-refractivity contribution in [2.24, 2.45) is 0 Å². The molecular weight excluding hydrogens is 256 g/mol. The highest BCUT2D eigenvalue weighted by Gasteiger charge is 2.21. The number of pyridine rings is 1. The van der Waals surface area contributed by atoms with E-state index in [2.05, 4.69) is 10.3 Å². The molecule has 0 saturated carbocycles. The summed E-state index contributed by atoms with van der Waals surface area (Å²) >= 11 is 5.92. The van der Waals surface area contributed by atoms with Crippen LogP contribution in [-0.4, -0.2) is 28.0 Å². The SMILES string of the molecule is CCC[C@@H](NC(=O)c1cnc(C)cc1Cl)C(=O)O. The van der Waals surface area contributed by atoms with Gasteiger partial charge in [0, 0.05) is 11.9 Å². The third-order valence-electron chi connectivity index (χ3n) is 2.42. The largest absolute Gasteiger partial charge is 0.480 e. The Morgan fingerprint density at radius 3 is 2.72 bits per heavy atom. The maximum atomic E-state index is 11.9. The highest BCUT2D eigenvalue weighted by molar-refractivity contribution is 6.33. The van der Waals surface area contributed by atoms with Gasteiger partial charge < -0.3 is 10.4 Å². The summed E-state index contributed by atoms with van der Waals surface area (Å²) < 4.78 is 0. The van der Waals surface area contributed by atoms with Gasteiger partial charge in [-0.25, -0.2) is 4.79 Å². The summed E-state index contributed by atoms with van der Waals surface area (Å²) in [5, 5.41) is 11.6. The Labute approximate surface area is 110 Å². The molecule has 0 saturated heterocycles. The first-order chi connectivity index (χ1) is 8.45. The van der Waals surface area contributed by atoms with Crippen molar-refractivity contribution in [1.82, 2.24) is 10.3 Å². The minimum atomic E-state index is -1.05. The van der Waals surface area contributed by atoms with E-state index in [0.29, 0.717) is 18.5 Å². The third kappa shape index (κ3) is 3.70. The standard InChI is InChI=1S/C12H15ClN2O3/c1-3-4-10(12(17)18)15-11(16)8-6-14-7(2)5-9(8)13/h5-6,10H,3-4H2,1-2H3,(H,15,16)(H,17,18)/t10-/m1/s1. The van der Waals surface area contributed by atoms with E-state index in [1.54, 1.807) is 13.0 Å². The maximum Gasteiger partial charge on any atom is 0.326 e. The van der Waals surface area contributed by atoms with Crippen molar-refractivity contribution in [3.8, 4) is 0 Å². The molecule has 18 heavy (non-hydrogen) atoms. The smallest absolute Gasteiger partial charge is 0.326 e. The van der Waals surface area contributed by atoms with Crippen molar-refractivity contribution in [1.29, 1.82) is 0 Å². The number of aryl methyl sites for hydroxylation is 1. The lowest BCUT2D eigenvalue weighted by molar-refractivity contribution is -0.139. The number of hydrogen-bond donors (Lipinski definition) is 2. The first-order valence-electron chi connectivity index (χ1n) is 5.61. The van der Waals surface area contributed by atoms with Crippen LogP contribution in [0.1, 0.15) is 35.8 Å². The molecular formula is C12H15ClN2O3.